The van der Waals surface area contributed by atoms with Crippen LogP contribution in [0, 0.1) is 5.82 Å². The van der Waals surface area contributed by atoms with Crippen molar-refractivity contribution in [2.75, 3.05) is 44.4 Å². The van der Waals surface area contributed by atoms with E-state index in [1.54, 1.807) is 31.3 Å². The lowest BCUT2D eigenvalue weighted by atomic mass is 10.3. The molecule has 9 heteroatoms. The van der Waals surface area contributed by atoms with Crippen LogP contribution in [-0.2, 0) is 14.4 Å². The van der Waals surface area contributed by atoms with Crippen molar-refractivity contribution in [3.63, 3.8) is 0 Å². The zero-order valence-electron chi connectivity index (χ0n) is 16.1. The molecule has 0 fully saturated rings. The number of carbonyl (C=O) groups is 3. The fourth-order valence-corrected chi connectivity index (χ4v) is 2.63. The number of amides is 3. The molecule has 0 aliphatic rings. The van der Waals surface area contributed by atoms with Gasteiger partial charge in [0.05, 0.1) is 30.3 Å². The van der Waals surface area contributed by atoms with Gasteiger partial charge in [-0.05, 0) is 43.4 Å². The van der Waals surface area contributed by atoms with E-state index in [0.717, 1.165) is 0 Å². The number of nitrogens with one attached hydrogen (secondary N) is 2. The maximum absolute atomic E-state index is 12.9. The predicted molar refractivity (Wildman–Crippen MR) is 110 cm³/mol. The van der Waals surface area contributed by atoms with Crippen molar-refractivity contribution in [3.8, 4) is 0 Å². The monoisotopic (exact) mass is 420 g/mol. The first kappa shape index (κ1) is 22.3. The van der Waals surface area contributed by atoms with Crippen LogP contribution in [0.2, 0.25) is 5.02 Å². The van der Waals surface area contributed by atoms with E-state index in [4.69, 9.17) is 11.6 Å². The number of para-hydroxylation sites is 1. The summed E-state index contributed by atoms with van der Waals surface area (Å²) in [6.07, 6.45) is 0. The van der Waals surface area contributed by atoms with Gasteiger partial charge in [0.1, 0.15) is 5.82 Å². The Bertz CT molecular complexity index is 876. The van der Waals surface area contributed by atoms with Crippen molar-refractivity contribution < 1.29 is 18.8 Å². The Morgan fingerprint density at radius 1 is 0.897 bits per heavy atom. The fraction of sp³-hybridized carbons (Fsp3) is 0.250. The van der Waals surface area contributed by atoms with E-state index in [-0.39, 0.29) is 37.4 Å². The smallest absolute Gasteiger partial charge is 0.244 e. The molecule has 2 N–H and O–H groups in total. The molecule has 2 rings (SSSR count). The number of benzene rings is 2. The average molecular weight is 421 g/mol. The molecule has 154 valence electrons. The highest BCUT2D eigenvalue weighted by Crippen LogP contribution is 2.20. The Morgan fingerprint density at radius 3 is 2.17 bits per heavy atom. The number of likely N-dealkylation sites (N-methyl/N-ethyl adjacent to an activating group) is 2. The molecule has 29 heavy (non-hydrogen) atoms. The molecule has 0 heterocycles. The van der Waals surface area contributed by atoms with Gasteiger partial charge in [0.2, 0.25) is 17.7 Å². The first-order chi connectivity index (χ1) is 13.7. The highest BCUT2D eigenvalue weighted by Gasteiger charge is 2.17. The summed E-state index contributed by atoms with van der Waals surface area (Å²) in [6.45, 7) is -0.241. The Kier molecular flexibility index (Phi) is 8.11. The van der Waals surface area contributed by atoms with E-state index in [1.807, 2.05) is 0 Å². The number of halogens is 2. The van der Waals surface area contributed by atoms with Gasteiger partial charge in [0.25, 0.3) is 0 Å². The van der Waals surface area contributed by atoms with Gasteiger partial charge in [0.15, 0.2) is 0 Å². The summed E-state index contributed by atoms with van der Waals surface area (Å²) >= 11 is 5.99. The van der Waals surface area contributed by atoms with Gasteiger partial charge in [-0.1, -0.05) is 23.7 Å². The first-order valence-corrected chi connectivity index (χ1v) is 9.14. The van der Waals surface area contributed by atoms with E-state index in [1.165, 1.54) is 41.1 Å². The summed E-state index contributed by atoms with van der Waals surface area (Å²) in [5, 5.41) is 5.67. The highest BCUT2D eigenvalue weighted by molar-refractivity contribution is 6.33. The lowest BCUT2D eigenvalue weighted by molar-refractivity contribution is -0.134. The zero-order chi connectivity index (χ0) is 21.4. The molecule has 0 aliphatic carbocycles. The molecule has 0 aliphatic heterocycles. The molecule has 2 aromatic carbocycles. The average Bonchev–Trinajstić information content (AvgIpc) is 2.65. The minimum absolute atomic E-state index is 0.0389. The third-order valence-corrected chi connectivity index (χ3v) is 4.23. The quantitative estimate of drug-likeness (QED) is 0.687. The lowest BCUT2D eigenvalue weighted by Crippen LogP contribution is -2.42. The topological polar surface area (TPSA) is 81.8 Å². The van der Waals surface area contributed by atoms with E-state index in [9.17, 15) is 18.8 Å². The maximum atomic E-state index is 12.9. The second-order valence-corrected chi connectivity index (χ2v) is 6.91. The Morgan fingerprint density at radius 2 is 1.52 bits per heavy atom. The van der Waals surface area contributed by atoms with Crippen LogP contribution in [0.15, 0.2) is 48.5 Å². The van der Waals surface area contributed by atoms with Crippen molar-refractivity contribution in [2.45, 2.75) is 0 Å². The largest absolute Gasteiger partial charge is 0.335 e. The molecule has 0 saturated heterocycles. The minimum Gasteiger partial charge on any atom is -0.335 e. The van der Waals surface area contributed by atoms with Crippen molar-refractivity contribution in [3.05, 3.63) is 59.4 Å². The molecule has 0 atom stereocenters. The van der Waals surface area contributed by atoms with Gasteiger partial charge in [-0.25, -0.2) is 4.39 Å². The molecule has 7 nitrogen and oxygen atoms in total. The van der Waals surface area contributed by atoms with Crippen LogP contribution in [0.1, 0.15) is 0 Å². The predicted octanol–water partition coefficient (Wildman–Crippen LogP) is 2.45. The highest BCUT2D eigenvalue weighted by atomic mass is 35.5. The SMILES string of the molecule is CN(CC(=O)Nc1ccc(F)cc1)CC(=O)N(C)CC(=O)Nc1ccccc1Cl. The molecule has 0 spiro atoms. The summed E-state index contributed by atoms with van der Waals surface area (Å²) in [5.41, 5.74) is 0.930. The van der Waals surface area contributed by atoms with Crippen molar-refractivity contribution >= 4 is 40.7 Å². The summed E-state index contributed by atoms with van der Waals surface area (Å²) in [5.74, 6) is -1.44. The molecular weight excluding hydrogens is 399 g/mol. The zero-order valence-corrected chi connectivity index (χ0v) is 16.9. The minimum atomic E-state index is -0.396. The second kappa shape index (κ2) is 10.5. The molecule has 0 unspecified atom stereocenters. The molecule has 0 saturated carbocycles. The third-order valence-electron chi connectivity index (χ3n) is 3.90. The standard InChI is InChI=1S/C20H22ClFN4O3/c1-25(11-18(27)23-15-9-7-14(22)8-10-15)13-20(29)26(2)12-19(28)24-17-6-4-3-5-16(17)21/h3-10H,11-13H2,1-2H3,(H,23,27)(H,24,28). The molecule has 0 aromatic heterocycles. The number of carbonyl (C=O) groups excluding carboxylic acids is 3. The number of hydrogen-bond acceptors (Lipinski definition) is 4. The van der Waals surface area contributed by atoms with Crippen LogP contribution < -0.4 is 10.6 Å². The summed E-state index contributed by atoms with van der Waals surface area (Å²) in [7, 11) is 3.11. The van der Waals surface area contributed by atoms with E-state index in [2.05, 4.69) is 10.6 Å². The van der Waals surface area contributed by atoms with Crippen molar-refractivity contribution in [1.82, 2.24) is 9.80 Å². The van der Waals surface area contributed by atoms with Crippen molar-refractivity contribution in [1.29, 1.82) is 0 Å². The normalized spacial score (nSPS) is 10.5. The van der Waals surface area contributed by atoms with Crippen LogP contribution in [0.3, 0.4) is 0 Å². The molecule has 0 bridgehead atoms. The molecule has 2 aromatic rings. The van der Waals surface area contributed by atoms with E-state index in [0.29, 0.717) is 16.4 Å². The Hall–Kier alpha value is -2.97. The van der Waals surface area contributed by atoms with E-state index < -0.39 is 5.82 Å². The number of hydrogen-bond donors (Lipinski definition) is 2. The summed E-state index contributed by atoms with van der Waals surface area (Å²) in [6, 6.07) is 12.2. The Labute approximate surface area is 173 Å². The lowest BCUT2D eigenvalue weighted by Gasteiger charge is -2.21. The van der Waals surface area contributed by atoms with Crippen molar-refractivity contribution in [2.24, 2.45) is 0 Å². The number of rotatable bonds is 8. The summed E-state index contributed by atoms with van der Waals surface area (Å²) < 4.78 is 12.9. The van der Waals surface area contributed by atoms with Crippen LogP contribution in [0.4, 0.5) is 15.8 Å². The van der Waals surface area contributed by atoms with Crippen LogP contribution in [0.5, 0.6) is 0 Å². The van der Waals surface area contributed by atoms with Crippen LogP contribution in [-0.4, -0.2) is 61.3 Å². The second-order valence-electron chi connectivity index (χ2n) is 6.51. The fourth-order valence-electron chi connectivity index (χ4n) is 2.44. The van der Waals surface area contributed by atoms with Crippen LogP contribution >= 0.6 is 11.6 Å². The molecule has 3 amide bonds. The van der Waals surface area contributed by atoms with Gasteiger partial charge >= 0.3 is 0 Å². The Balaban J connectivity index is 1.77. The van der Waals surface area contributed by atoms with Gasteiger partial charge in [-0.3, -0.25) is 19.3 Å². The van der Waals surface area contributed by atoms with Gasteiger partial charge < -0.3 is 15.5 Å². The first-order valence-electron chi connectivity index (χ1n) is 8.77. The van der Waals surface area contributed by atoms with E-state index >= 15 is 0 Å². The van der Waals surface area contributed by atoms with Gasteiger partial charge in [-0.2, -0.15) is 0 Å². The maximum Gasteiger partial charge on any atom is 0.244 e. The van der Waals surface area contributed by atoms with Gasteiger partial charge in [-0.15, -0.1) is 0 Å². The number of nitrogens with zero attached hydrogens (tertiary/aromatic N) is 2. The molecular formula is C20H22ClFN4O3. The van der Waals surface area contributed by atoms with Crippen LogP contribution in [0.25, 0.3) is 0 Å². The third kappa shape index (κ3) is 7.52. The number of anilines is 2. The summed E-state index contributed by atoms with van der Waals surface area (Å²) in [4.78, 5) is 39.2. The van der Waals surface area contributed by atoms with Gasteiger partial charge in [0, 0.05) is 12.7 Å². The molecule has 0 radical (unpaired) electrons.